The summed E-state index contributed by atoms with van der Waals surface area (Å²) in [7, 11) is 0. The van der Waals surface area contributed by atoms with E-state index in [1.54, 1.807) is 0 Å². The van der Waals surface area contributed by atoms with E-state index in [1.807, 2.05) is 4.90 Å². The van der Waals surface area contributed by atoms with Crippen molar-refractivity contribution in [3.63, 3.8) is 0 Å². The summed E-state index contributed by atoms with van der Waals surface area (Å²) in [4.78, 5) is 16.0. The summed E-state index contributed by atoms with van der Waals surface area (Å²) in [5.74, 6) is 0. The molecule has 0 aromatic carbocycles. The number of H-pyrrole nitrogens is 1. The molecule has 1 aliphatic heterocycles. The van der Waals surface area contributed by atoms with Crippen molar-refractivity contribution in [2.75, 3.05) is 37.6 Å². The Hall–Kier alpha value is -1.07. The number of rotatable bonds is 2. The van der Waals surface area contributed by atoms with Crippen LogP contribution in [0.2, 0.25) is 5.02 Å². The van der Waals surface area contributed by atoms with Gasteiger partial charge in [-0.25, -0.2) is 5.10 Å². The second kappa shape index (κ2) is 4.84. The Kier molecular flexibility index (Phi) is 3.46. The number of aromatic nitrogens is 2. The number of hydrogen-bond donors (Lipinski definition) is 1. The first-order chi connectivity index (χ1) is 7.72. The molecule has 88 valence electrons. The molecule has 0 radical (unpaired) electrons. The lowest BCUT2D eigenvalue weighted by molar-refractivity contribution is 0.271. The van der Waals surface area contributed by atoms with Crippen LogP contribution in [0.4, 0.5) is 5.69 Å². The second-order valence-corrected chi connectivity index (χ2v) is 4.22. The van der Waals surface area contributed by atoms with Gasteiger partial charge in [0.05, 0.1) is 11.2 Å². The monoisotopic (exact) mass is 242 g/mol. The fourth-order valence-corrected chi connectivity index (χ4v) is 2.21. The molecule has 0 saturated carbocycles. The van der Waals surface area contributed by atoms with E-state index in [4.69, 9.17) is 11.6 Å². The van der Waals surface area contributed by atoms with Crippen molar-refractivity contribution >= 4 is 17.3 Å². The first kappa shape index (κ1) is 11.4. The number of likely N-dealkylation sites (N-methyl/N-ethyl adjacent to an activating group) is 1. The van der Waals surface area contributed by atoms with E-state index in [2.05, 4.69) is 22.0 Å². The Bertz CT molecular complexity index is 412. The number of piperazine rings is 1. The summed E-state index contributed by atoms with van der Waals surface area (Å²) >= 11 is 6.00. The van der Waals surface area contributed by atoms with Gasteiger partial charge in [-0.1, -0.05) is 18.5 Å². The predicted octanol–water partition coefficient (Wildman–Crippen LogP) is 0.565. The molecule has 1 saturated heterocycles. The van der Waals surface area contributed by atoms with E-state index >= 15 is 0 Å². The minimum absolute atomic E-state index is 0.211. The highest BCUT2D eigenvalue weighted by molar-refractivity contribution is 6.33. The number of aromatic amines is 1. The maximum atomic E-state index is 11.6. The summed E-state index contributed by atoms with van der Waals surface area (Å²) in [5.41, 5.74) is 0.338. The summed E-state index contributed by atoms with van der Waals surface area (Å²) in [6, 6.07) is 0. The van der Waals surface area contributed by atoms with E-state index in [9.17, 15) is 4.79 Å². The van der Waals surface area contributed by atoms with Gasteiger partial charge in [0.15, 0.2) is 0 Å². The van der Waals surface area contributed by atoms with Crippen molar-refractivity contribution in [2.24, 2.45) is 0 Å². The van der Waals surface area contributed by atoms with Gasteiger partial charge in [-0.3, -0.25) is 4.79 Å². The van der Waals surface area contributed by atoms with E-state index in [1.165, 1.54) is 6.20 Å². The molecule has 0 atom stereocenters. The molecule has 16 heavy (non-hydrogen) atoms. The zero-order chi connectivity index (χ0) is 11.5. The summed E-state index contributed by atoms with van der Waals surface area (Å²) in [6.45, 7) is 6.79. The maximum absolute atomic E-state index is 11.6. The third-order valence-electron chi connectivity index (χ3n) is 2.92. The molecule has 5 nitrogen and oxygen atoms in total. The molecular formula is C10H15ClN4O. The molecule has 0 unspecified atom stereocenters. The van der Waals surface area contributed by atoms with Gasteiger partial charge in [0.2, 0.25) is 0 Å². The molecule has 0 bridgehead atoms. The molecule has 1 aromatic heterocycles. The molecule has 1 aromatic rings. The lowest BCUT2D eigenvalue weighted by atomic mass is 10.3. The van der Waals surface area contributed by atoms with Crippen LogP contribution in [-0.2, 0) is 0 Å². The molecule has 0 amide bonds. The van der Waals surface area contributed by atoms with Crippen molar-refractivity contribution in [2.45, 2.75) is 6.92 Å². The van der Waals surface area contributed by atoms with Gasteiger partial charge < -0.3 is 9.80 Å². The molecule has 1 fully saturated rings. The molecule has 2 heterocycles. The maximum Gasteiger partial charge on any atom is 0.289 e. The SMILES string of the molecule is CCN1CCN(c2c(Cl)cn[nH]c2=O)CC1. The van der Waals surface area contributed by atoms with Crippen LogP contribution < -0.4 is 10.5 Å². The first-order valence-electron chi connectivity index (χ1n) is 5.43. The van der Waals surface area contributed by atoms with Crippen LogP contribution in [0.5, 0.6) is 0 Å². The average molecular weight is 243 g/mol. The van der Waals surface area contributed by atoms with E-state index in [-0.39, 0.29) is 5.56 Å². The van der Waals surface area contributed by atoms with Gasteiger partial charge in [-0.15, -0.1) is 0 Å². The fourth-order valence-electron chi connectivity index (χ4n) is 1.95. The van der Waals surface area contributed by atoms with Crippen LogP contribution in [0.1, 0.15) is 6.92 Å². The first-order valence-corrected chi connectivity index (χ1v) is 5.80. The van der Waals surface area contributed by atoms with Crippen LogP contribution >= 0.6 is 11.6 Å². The molecular weight excluding hydrogens is 228 g/mol. The van der Waals surface area contributed by atoms with Crippen molar-refractivity contribution in [1.29, 1.82) is 0 Å². The summed E-state index contributed by atoms with van der Waals surface area (Å²) in [5, 5.41) is 6.51. The highest BCUT2D eigenvalue weighted by Gasteiger charge is 2.20. The second-order valence-electron chi connectivity index (χ2n) is 3.82. The van der Waals surface area contributed by atoms with Crippen molar-refractivity contribution in [3.05, 3.63) is 21.6 Å². The highest BCUT2D eigenvalue weighted by atomic mass is 35.5. The third-order valence-corrected chi connectivity index (χ3v) is 3.20. The predicted molar refractivity (Wildman–Crippen MR) is 64.2 cm³/mol. The minimum Gasteiger partial charge on any atom is -0.363 e. The number of nitrogens with zero attached hydrogens (tertiary/aromatic N) is 3. The van der Waals surface area contributed by atoms with E-state index in [0.29, 0.717) is 10.7 Å². The van der Waals surface area contributed by atoms with Gasteiger partial charge in [-0.2, -0.15) is 5.10 Å². The summed E-state index contributed by atoms with van der Waals surface area (Å²) in [6.07, 6.45) is 1.48. The van der Waals surface area contributed by atoms with Crippen molar-refractivity contribution in [1.82, 2.24) is 15.1 Å². The molecule has 1 aliphatic rings. The Morgan fingerprint density at radius 1 is 1.44 bits per heavy atom. The van der Waals surface area contributed by atoms with E-state index < -0.39 is 0 Å². The molecule has 0 spiro atoms. The Morgan fingerprint density at radius 2 is 2.12 bits per heavy atom. The van der Waals surface area contributed by atoms with Crippen molar-refractivity contribution < 1.29 is 0 Å². The Labute approximate surface area is 99.0 Å². The number of hydrogen-bond acceptors (Lipinski definition) is 4. The quantitative estimate of drug-likeness (QED) is 0.824. The van der Waals surface area contributed by atoms with Gasteiger partial charge in [0.25, 0.3) is 5.56 Å². The smallest absolute Gasteiger partial charge is 0.289 e. The zero-order valence-electron chi connectivity index (χ0n) is 9.24. The van der Waals surface area contributed by atoms with Crippen LogP contribution in [0.3, 0.4) is 0 Å². The fraction of sp³-hybridized carbons (Fsp3) is 0.600. The topological polar surface area (TPSA) is 52.2 Å². The lowest BCUT2D eigenvalue weighted by Crippen LogP contribution is -2.47. The lowest BCUT2D eigenvalue weighted by Gasteiger charge is -2.35. The van der Waals surface area contributed by atoms with Gasteiger partial charge >= 0.3 is 0 Å². The molecule has 6 heteroatoms. The standard InChI is InChI=1S/C10H15ClN4O/c1-2-14-3-5-15(6-4-14)9-8(11)7-12-13-10(9)16/h7H,2-6H2,1H3,(H,13,16). The molecule has 2 rings (SSSR count). The minimum atomic E-state index is -0.211. The number of nitrogens with one attached hydrogen (secondary N) is 1. The Balaban J connectivity index is 2.17. The van der Waals surface area contributed by atoms with Crippen LogP contribution in [0.15, 0.2) is 11.0 Å². The van der Waals surface area contributed by atoms with Gasteiger partial charge in [-0.05, 0) is 6.54 Å². The highest BCUT2D eigenvalue weighted by Crippen LogP contribution is 2.20. The average Bonchev–Trinajstić information content (AvgIpc) is 2.30. The number of anilines is 1. The molecule has 0 aliphatic carbocycles. The van der Waals surface area contributed by atoms with Crippen molar-refractivity contribution in [3.8, 4) is 0 Å². The Morgan fingerprint density at radius 3 is 2.69 bits per heavy atom. The zero-order valence-corrected chi connectivity index (χ0v) is 10.00. The van der Waals surface area contributed by atoms with Crippen LogP contribution in [0, 0.1) is 0 Å². The normalized spacial score (nSPS) is 17.8. The number of halogens is 1. The van der Waals surface area contributed by atoms with E-state index in [0.717, 1.165) is 32.7 Å². The summed E-state index contributed by atoms with van der Waals surface area (Å²) < 4.78 is 0. The van der Waals surface area contributed by atoms with Gasteiger partial charge in [0, 0.05) is 26.2 Å². The third kappa shape index (κ3) is 2.20. The van der Waals surface area contributed by atoms with Crippen LogP contribution in [0.25, 0.3) is 0 Å². The largest absolute Gasteiger partial charge is 0.363 e. The molecule has 1 N–H and O–H groups in total. The van der Waals surface area contributed by atoms with Crippen LogP contribution in [-0.4, -0.2) is 47.8 Å². The van der Waals surface area contributed by atoms with Gasteiger partial charge in [0.1, 0.15) is 5.69 Å².